The van der Waals surface area contributed by atoms with E-state index < -0.39 is 0 Å². The van der Waals surface area contributed by atoms with Crippen molar-refractivity contribution < 1.29 is 0 Å². The second-order valence-corrected chi connectivity index (χ2v) is 3.05. The van der Waals surface area contributed by atoms with Crippen molar-refractivity contribution in [2.75, 3.05) is 0 Å². The van der Waals surface area contributed by atoms with Gasteiger partial charge in [-0.05, 0) is 18.6 Å². The fourth-order valence-corrected chi connectivity index (χ4v) is 1.27. The van der Waals surface area contributed by atoms with Crippen molar-refractivity contribution in [1.29, 1.82) is 0 Å². The van der Waals surface area contributed by atoms with Crippen LogP contribution in [-0.4, -0.2) is 17.2 Å². The van der Waals surface area contributed by atoms with Gasteiger partial charge in [0.15, 0.2) is 0 Å². The molecule has 1 N–H and O–H groups in total. The molecule has 13 heavy (non-hydrogen) atoms. The average Bonchev–Trinajstić information content (AvgIpc) is 2.30. The highest BCUT2D eigenvalue weighted by Crippen LogP contribution is 2.08. The Hall–Kier alpha value is -1.64. The van der Waals surface area contributed by atoms with Gasteiger partial charge in [0.05, 0.1) is 11.6 Å². The summed E-state index contributed by atoms with van der Waals surface area (Å²) < 4.78 is 0. The number of fused-ring (bicyclic) bond motifs is 1. The first-order valence-electron chi connectivity index (χ1n) is 4.20. The van der Waals surface area contributed by atoms with Gasteiger partial charge in [-0.3, -0.25) is 9.79 Å². The summed E-state index contributed by atoms with van der Waals surface area (Å²) >= 11 is 0. The predicted octanol–water partition coefficient (Wildman–Crippen LogP) is 1.21. The van der Waals surface area contributed by atoms with Crippen LogP contribution < -0.4 is 5.56 Å². The molecule has 3 nitrogen and oxygen atoms in total. The first-order chi connectivity index (χ1) is 6.27. The maximum Gasteiger partial charge on any atom is 0.257 e. The summed E-state index contributed by atoms with van der Waals surface area (Å²) in [7, 11) is 0. The van der Waals surface area contributed by atoms with Crippen molar-refractivity contribution >= 4 is 12.3 Å². The molecule has 1 aliphatic rings. The van der Waals surface area contributed by atoms with Crippen LogP contribution in [0.4, 0.5) is 0 Å². The van der Waals surface area contributed by atoms with Crippen LogP contribution in [0, 0.1) is 0 Å². The van der Waals surface area contributed by atoms with E-state index in [0.29, 0.717) is 5.56 Å². The Morgan fingerprint density at radius 2 is 2.38 bits per heavy atom. The first-order valence-corrected chi connectivity index (χ1v) is 4.20. The van der Waals surface area contributed by atoms with E-state index in [1.165, 1.54) is 0 Å². The molecule has 3 heteroatoms. The van der Waals surface area contributed by atoms with Crippen LogP contribution >= 0.6 is 0 Å². The van der Waals surface area contributed by atoms with E-state index in [1.807, 2.05) is 25.1 Å². The van der Waals surface area contributed by atoms with Crippen LogP contribution in [0.2, 0.25) is 0 Å². The molecule has 0 saturated carbocycles. The van der Waals surface area contributed by atoms with Crippen LogP contribution in [-0.2, 0) is 0 Å². The molecule has 0 bridgehead atoms. The smallest absolute Gasteiger partial charge is 0.257 e. The number of aromatic nitrogens is 1. The summed E-state index contributed by atoms with van der Waals surface area (Å²) in [6.07, 6.45) is 7.19. The molecule has 1 aromatic rings. The van der Waals surface area contributed by atoms with Gasteiger partial charge in [0, 0.05) is 12.4 Å². The van der Waals surface area contributed by atoms with Crippen LogP contribution in [0.25, 0.3) is 6.08 Å². The molecule has 0 amide bonds. The number of aliphatic imine (C=N–C) groups is 1. The molecule has 1 atom stereocenters. The van der Waals surface area contributed by atoms with Crippen LogP contribution in [0.3, 0.4) is 0 Å². The fourth-order valence-electron chi connectivity index (χ4n) is 1.27. The van der Waals surface area contributed by atoms with Gasteiger partial charge < -0.3 is 4.98 Å². The Morgan fingerprint density at radius 3 is 3.23 bits per heavy atom. The van der Waals surface area contributed by atoms with Gasteiger partial charge in [-0.25, -0.2) is 0 Å². The molecule has 0 aliphatic carbocycles. The molecular formula is C10H10N2O. The molecule has 0 fully saturated rings. The Kier molecular flexibility index (Phi) is 1.85. The zero-order valence-corrected chi connectivity index (χ0v) is 7.32. The summed E-state index contributed by atoms with van der Waals surface area (Å²) in [4.78, 5) is 18.2. The lowest BCUT2D eigenvalue weighted by Crippen LogP contribution is -2.12. The summed E-state index contributed by atoms with van der Waals surface area (Å²) in [5.41, 5.74) is 1.49. The SMILES string of the molecule is CC1C=Cc2cc[nH]c(=O)c2C=N1. The van der Waals surface area contributed by atoms with Crippen LogP contribution in [0.1, 0.15) is 18.1 Å². The predicted molar refractivity (Wildman–Crippen MR) is 53.2 cm³/mol. The summed E-state index contributed by atoms with van der Waals surface area (Å²) in [6.45, 7) is 1.98. The van der Waals surface area contributed by atoms with Gasteiger partial charge in [-0.2, -0.15) is 0 Å². The zero-order valence-electron chi connectivity index (χ0n) is 7.32. The molecule has 2 heterocycles. The monoisotopic (exact) mass is 174 g/mol. The normalized spacial score (nSPS) is 19.6. The van der Waals surface area contributed by atoms with Crippen molar-refractivity contribution in [2.24, 2.45) is 4.99 Å². The third-order valence-electron chi connectivity index (χ3n) is 2.03. The lowest BCUT2D eigenvalue weighted by Gasteiger charge is -1.95. The minimum Gasteiger partial charge on any atom is -0.329 e. The minimum absolute atomic E-state index is 0.0833. The quantitative estimate of drug-likeness (QED) is 0.631. The van der Waals surface area contributed by atoms with Gasteiger partial charge in [0.2, 0.25) is 0 Å². The second kappa shape index (κ2) is 3.01. The van der Waals surface area contributed by atoms with Gasteiger partial charge in [0.25, 0.3) is 5.56 Å². The summed E-state index contributed by atoms with van der Waals surface area (Å²) in [5, 5.41) is 0. The van der Waals surface area contributed by atoms with Gasteiger partial charge >= 0.3 is 0 Å². The van der Waals surface area contributed by atoms with E-state index in [4.69, 9.17) is 0 Å². The fraction of sp³-hybridized carbons (Fsp3) is 0.200. The van der Waals surface area contributed by atoms with E-state index in [9.17, 15) is 4.79 Å². The van der Waals surface area contributed by atoms with E-state index in [2.05, 4.69) is 9.98 Å². The molecule has 0 radical (unpaired) electrons. The summed E-state index contributed by atoms with van der Waals surface area (Å²) in [6, 6.07) is 2.02. The number of rotatable bonds is 0. The standard InChI is InChI=1S/C10H10N2O/c1-7-2-3-8-4-5-11-10(13)9(8)6-12-7/h2-7H,1H3,(H,11,13). The Bertz CT molecular complexity index is 429. The Morgan fingerprint density at radius 1 is 1.54 bits per heavy atom. The minimum atomic E-state index is -0.0833. The Balaban J connectivity index is 2.66. The number of H-pyrrole nitrogens is 1. The highest BCUT2D eigenvalue weighted by Gasteiger charge is 2.05. The zero-order chi connectivity index (χ0) is 9.26. The molecule has 0 spiro atoms. The van der Waals surface area contributed by atoms with E-state index in [-0.39, 0.29) is 11.6 Å². The van der Waals surface area contributed by atoms with Crippen molar-refractivity contribution in [2.45, 2.75) is 13.0 Å². The molecule has 66 valence electrons. The highest BCUT2D eigenvalue weighted by molar-refractivity contribution is 5.86. The van der Waals surface area contributed by atoms with Crippen molar-refractivity contribution in [3.63, 3.8) is 0 Å². The average molecular weight is 174 g/mol. The van der Waals surface area contributed by atoms with Gasteiger partial charge in [-0.1, -0.05) is 12.2 Å². The van der Waals surface area contributed by atoms with E-state index in [1.54, 1.807) is 12.4 Å². The topological polar surface area (TPSA) is 45.2 Å². The second-order valence-electron chi connectivity index (χ2n) is 3.05. The number of hydrogen-bond donors (Lipinski definition) is 1. The third kappa shape index (κ3) is 1.45. The maximum atomic E-state index is 11.3. The van der Waals surface area contributed by atoms with Crippen molar-refractivity contribution in [1.82, 2.24) is 4.98 Å². The maximum absolute atomic E-state index is 11.3. The number of aromatic amines is 1. The molecule has 2 rings (SSSR count). The molecule has 1 aliphatic heterocycles. The highest BCUT2D eigenvalue weighted by atomic mass is 16.1. The molecule has 0 saturated heterocycles. The summed E-state index contributed by atoms with van der Waals surface area (Å²) in [5.74, 6) is 0. The molecule has 1 aromatic heterocycles. The first kappa shape index (κ1) is 7.98. The van der Waals surface area contributed by atoms with E-state index in [0.717, 1.165) is 5.56 Å². The number of nitrogens with one attached hydrogen (secondary N) is 1. The molecule has 0 aromatic carbocycles. The lowest BCUT2D eigenvalue weighted by atomic mass is 10.1. The third-order valence-corrected chi connectivity index (χ3v) is 2.03. The Labute approximate surface area is 75.8 Å². The van der Waals surface area contributed by atoms with E-state index >= 15 is 0 Å². The van der Waals surface area contributed by atoms with Crippen LogP contribution in [0.15, 0.2) is 28.1 Å². The van der Waals surface area contributed by atoms with Crippen LogP contribution in [0.5, 0.6) is 0 Å². The lowest BCUT2D eigenvalue weighted by molar-refractivity contribution is 0.939. The molecular weight excluding hydrogens is 164 g/mol. The van der Waals surface area contributed by atoms with Gasteiger partial charge in [0.1, 0.15) is 0 Å². The van der Waals surface area contributed by atoms with Gasteiger partial charge in [-0.15, -0.1) is 0 Å². The largest absolute Gasteiger partial charge is 0.329 e. The number of nitrogens with zero attached hydrogens (tertiary/aromatic N) is 1. The van der Waals surface area contributed by atoms with Crippen molar-refractivity contribution in [3.8, 4) is 0 Å². The number of pyridine rings is 1. The van der Waals surface area contributed by atoms with Crippen molar-refractivity contribution in [3.05, 3.63) is 39.8 Å². The molecule has 1 unspecified atom stereocenters. The number of hydrogen-bond acceptors (Lipinski definition) is 2.